The van der Waals surface area contributed by atoms with Crippen LogP contribution >= 0.6 is 0 Å². The third-order valence-corrected chi connectivity index (χ3v) is 2.73. The lowest BCUT2D eigenvalue weighted by Crippen LogP contribution is -2.42. The Labute approximate surface area is 106 Å². The summed E-state index contributed by atoms with van der Waals surface area (Å²) < 4.78 is 0. The summed E-state index contributed by atoms with van der Waals surface area (Å²) in [5, 5.41) is 13.0. The van der Waals surface area contributed by atoms with Crippen LogP contribution in [0, 0.1) is 0 Å². The van der Waals surface area contributed by atoms with Crippen molar-refractivity contribution in [2.24, 2.45) is 0 Å². The molecule has 1 aliphatic heterocycles. The number of carbonyl (C=O) groups excluding carboxylic acids is 2. The Bertz CT molecular complexity index is 313. The molecule has 1 fully saturated rings. The molecule has 1 aliphatic rings. The summed E-state index contributed by atoms with van der Waals surface area (Å²) >= 11 is 0. The second-order valence-corrected chi connectivity index (χ2v) is 4.25. The van der Waals surface area contributed by atoms with Crippen molar-refractivity contribution >= 4 is 17.9 Å². The summed E-state index contributed by atoms with van der Waals surface area (Å²) in [5.41, 5.74) is 0. The number of rotatable bonds is 6. The van der Waals surface area contributed by atoms with E-state index in [2.05, 4.69) is 15.5 Å². The number of imide groups is 1. The number of likely N-dealkylation sites (tertiary alicyclic amines) is 1. The Kier molecular flexibility index (Phi) is 6.13. The van der Waals surface area contributed by atoms with Crippen LogP contribution in [0.25, 0.3) is 0 Å². The predicted molar refractivity (Wildman–Crippen MR) is 64.1 cm³/mol. The molecule has 0 aromatic rings. The highest BCUT2D eigenvalue weighted by molar-refractivity contribution is 5.95. The van der Waals surface area contributed by atoms with E-state index >= 15 is 0 Å². The van der Waals surface area contributed by atoms with Crippen LogP contribution in [0.1, 0.15) is 25.7 Å². The first kappa shape index (κ1) is 14.4. The van der Waals surface area contributed by atoms with Gasteiger partial charge in [0, 0.05) is 19.5 Å². The van der Waals surface area contributed by atoms with Crippen molar-refractivity contribution in [1.82, 2.24) is 15.5 Å². The van der Waals surface area contributed by atoms with Crippen LogP contribution in [-0.4, -0.2) is 54.1 Å². The van der Waals surface area contributed by atoms with Crippen molar-refractivity contribution in [2.75, 3.05) is 26.2 Å². The van der Waals surface area contributed by atoms with E-state index in [9.17, 15) is 14.4 Å². The van der Waals surface area contributed by atoms with Gasteiger partial charge in [-0.15, -0.1) is 0 Å². The molecule has 18 heavy (non-hydrogen) atoms. The van der Waals surface area contributed by atoms with Crippen LogP contribution in [0.4, 0.5) is 4.79 Å². The molecule has 1 rings (SSSR count). The van der Waals surface area contributed by atoms with Crippen LogP contribution in [0.2, 0.25) is 0 Å². The van der Waals surface area contributed by atoms with Crippen LogP contribution in [0.15, 0.2) is 0 Å². The van der Waals surface area contributed by atoms with Crippen molar-refractivity contribution in [1.29, 1.82) is 0 Å². The first-order valence-electron chi connectivity index (χ1n) is 6.10. The van der Waals surface area contributed by atoms with E-state index in [0.29, 0.717) is 6.54 Å². The van der Waals surface area contributed by atoms with Crippen LogP contribution < -0.4 is 10.6 Å². The third-order valence-electron chi connectivity index (χ3n) is 2.73. The molecule has 1 saturated heterocycles. The topological polar surface area (TPSA) is 98.7 Å². The smallest absolute Gasteiger partial charge is 0.321 e. The maximum absolute atomic E-state index is 11.3. The van der Waals surface area contributed by atoms with E-state index in [0.717, 1.165) is 19.6 Å². The summed E-state index contributed by atoms with van der Waals surface area (Å²) in [6, 6.07) is -0.565. The third kappa shape index (κ3) is 6.19. The van der Waals surface area contributed by atoms with Gasteiger partial charge in [-0.05, 0) is 25.9 Å². The van der Waals surface area contributed by atoms with Crippen molar-refractivity contribution in [2.45, 2.75) is 25.7 Å². The Morgan fingerprint density at radius 1 is 1.11 bits per heavy atom. The largest absolute Gasteiger partial charge is 0.481 e. The lowest BCUT2D eigenvalue weighted by molar-refractivity contribution is -0.138. The van der Waals surface area contributed by atoms with E-state index in [1.165, 1.54) is 12.8 Å². The van der Waals surface area contributed by atoms with Gasteiger partial charge >= 0.3 is 12.0 Å². The zero-order chi connectivity index (χ0) is 13.4. The van der Waals surface area contributed by atoms with Gasteiger partial charge in [-0.3, -0.25) is 14.9 Å². The fourth-order valence-corrected chi connectivity index (χ4v) is 1.79. The summed E-state index contributed by atoms with van der Waals surface area (Å²) in [4.78, 5) is 34.9. The molecule has 0 aromatic heterocycles. The van der Waals surface area contributed by atoms with Gasteiger partial charge in [0.25, 0.3) is 0 Å². The predicted octanol–water partition coefficient (Wildman–Crippen LogP) is -0.227. The van der Waals surface area contributed by atoms with Gasteiger partial charge in [0.1, 0.15) is 0 Å². The van der Waals surface area contributed by atoms with Gasteiger partial charge in [-0.25, -0.2) is 4.79 Å². The average Bonchev–Trinajstić information content (AvgIpc) is 2.79. The van der Waals surface area contributed by atoms with Gasteiger partial charge in [0.15, 0.2) is 0 Å². The molecule has 0 aliphatic carbocycles. The molecular formula is C11H19N3O4. The number of urea groups is 1. The summed E-state index contributed by atoms with van der Waals surface area (Å²) in [5.74, 6) is -1.63. The maximum atomic E-state index is 11.3. The Morgan fingerprint density at radius 3 is 2.39 bits per heavy atom. The first-order chi connectivity index (χ1) is 8.58. The molecule has 0 atom stereocenters. The van der Waals surface area contributed by atoms with Crippen molar-refractivity contribution in [3.8, 4) is 0 Å². The second kappa shape index (κ2) is 7.65. The molecular weight excluding hydrogens is 238 g/mol. The number of hydrogen-bond acceptors (Lipinski definition) is 4. The van der Waals surface area contributed by atoms with Gasteiger partial charge in [0.2, 0.25) is 5.91 Å². The van der Waals surface area contributed by atoms with Gasteiger partial charge in [-0.2, -0.15) is 0 Å². The van der Waals surface area contributed by atoms with E-state index < -0.39 is 17.9 Å². The Morgan fingerprint density at radius 2 is 1.78 bits per heavy atom. The van der Waals surface area contributed by atoms with E-state index in [1.54, 1.807) is 0 Å². The highest BCUT2D eigenvalue weighted by Gasteiger charge is 2.12. The Hall–Kier alpha value is -1.63. The Balaban J connectivity index is 2.05. The average molecular weight is 257 g/mol. The lowest BCUT2D eigenvalue weighted by Gasteiger charge is -2.14. The van der Waals surface area contributed by atoms with Crippen LogP contribution in [-0.2, 0) is 9.59 Å². The minimum atomic E-state index is -1.06. The number of hydrogen-bond donors (Lipinski definition) is 3. The van der Waals surface area contributed by atoms with Crippen LogP contribution in [0.5, 0.6) is 0 Å². The summed E-state index contributed by atoms with van der Waals surface area (Å²) in [6.45, 7) is 3.37. The molecule has 3 amide bonds. The van der Waals surface area contributed by atoms with E-state index in [1.807, 2.05) is 0 Å². The van der Waals surface area contributed by atoms with Crippen molar-refractivity contribution in [3.05, 3.63) is 0 Å². The summed E-state index contributed by atoms with van der Waals surface area (Å²) in [6.07, 6.45) is 1.93. The van der Waals surface area contributed by atoms with Gasteiger partial charge in [0.05, 0.1) is 6.42 Å². The molecule has 0 saturated carbocycles. The number of amides is 3. The minimum absolute atomic E-state index is 0.186. The number of aliphatic carboxylic acids is 1. The van der Waals surface area contributed by atoms with Gasteiger partial charge in [-0.1, -0.05) is 0 Å². The molecule has 0 spiro atoms. The zero-order valence-electron chi connectivity index (χ0n) is 10.3. The molecule has 102 valence electrons. The second-order valence-electron chi connectivity index (χ2n) is 4.25. The number of carboxylic acids is 1. The van der Waals surface area contributed by atoms with Crippen molar-refractivity contribution < 1.29 is 19.5 Å². The van der Waals surface area contributed by atoms with Crippen molar-refractivity contribution in [3.63, 3.8) is 0 Å². The molecule has 0 bridgehead atoms. The fourth-order valence-electron chi connectivity index (χ4n) is 1.79. The van der Waals surface area contributed by atoms with E-state index in [-0.39, 0.29) is 12.8 Å². The number of carboxylic acid groups (broad SMARTS) is 1. The minimum Gasteiger partial charge on any atom is -0.481 e. The SMILES string of the molecule is O=C(O)CCC(=O)NC(=O)NCCN1CCCC1. The number of carbonyl (C=O) groups is 3. The molecule has 7 nitrogen and oxygen atoms in total. The number of nitrogens with zero attached hydrogens (tertiary/aromatic N) is 1. The quantitative estimate of drug-likeness (QED) is 0.610. The van der Waals surface area contributed by atoms with Crippen LogP contribution in [0.3, 0.4) is 0 Å². The highest BCUT2D eigenvalue weighted by Crippen LogP contribution is 2.05. The molecule has 3 N–H and O–H groups in total. The first-order valence-corrected chi connectivity index (χ1v) is 6.10. The fraction of sp³-hybridized carbons (Fsp3) is 0.727. The monoisotopic (exact) mass is 257 g/mol. The lowest BCUT2D eigenvalue weighted by atomic mass is 10.3. The molecule has 0 aromatic carbocycles. The molecule has 7 heteroatoms. The van der Waals surface area contributed by atoms with E-state index in [4.69, 9.17) is 5.11 Å². The maximum Gasteiger partial charge on any atom is 0.321 e. The van der Waals surface area contributed by atoms with Gasteiger partial charge < -0.3 is 15.3 Å². The standard InChI is InChI=1S/C11H19N3O4/c15-9(3-4-10(16)17)13-11(18)12-5-8-14-6-1-2-7-14/h1-8H2,(H,16,17)(H2,12,13,15,18). The zero-order valence-corrected chi connectivity index (χ0v) is 10.3. The normalized spacial score (nSPS) is 15.3. The highest BCUT2D eigenvalue weighted by atomic mass is 16.4. The molecule has 1 heterocycles. The number of nitrogens with one attached hydrogen (secondary N) is 2. The molecule has 0 radical (unpaired) electrons. The summed E-state index contributed by atoms with van der Waals surface area (Å²) in [7, 11) is 0. The molecule has 0 unspecified atom stereocenters.